The van der Waals surface area contributed by atoms with Crippen LogP contribution >= 0.6 is 0 Å². The van der Waals surface area contributed by atoms with E-state index in [2.05, 4.69) is 34.3 Å². The fraction of sp³-hybridized carbons (Fsp3) is 0.0769. The van der Waals surface area contributed by atoms with Crippen LogP contribution in [-0.4, -0.2) is 12.4 Å². The molecule has 72 valence electrons. The van der Waals surface area contributed by atoms with Gasteiger partial charge in [-0.15, -0.1) is 0 Å². The summed E-state index contributed by atoms with van der Waals surface area (Å²) in [6.07, 6.45) is 16.8. The van der Waals surface area contributed by atoms with Gasteiger partial charge in [-0.25, -0.2) is 0 Å². The van der Waals surface area contributed by atoms with Crippen LogP contribution in [0.5, 0.6) is 0 Å². The highest BCUT2D eigenvalue weighted by Crippen LogP contribution is 2.32. The molecule has 0 amide bonds. The summed E-state index contributed by atoms with van der Waals surface area (Å²) >= 11 is 0. The molecule has 0 aromatic rings. The molecule has 2 heterocycles. The second-order valence-corrected chi connectivity index (χ2v) is 3.63. The SMILES string of the molecule is C1=NC2=CC3=C(\C=C/N=C\C=C/3)CC2=C1. The van der Waals surface area contributed by atoms with Gasteiger partial charge in [-0.2, -0.15) is 0 Å². The van der Waals surface area contributed by atoms with Crippen molar-refractivity contribution in [3.63, 3.8) is 0 Å². The van der Waals surface area contributed by atoms with Crippen molar-refractivity contribution in [1.29, 1.82) is 0 Å². The van der Waals surface area contributed by atoms with E-state index in [0.717, 1.165) is 12.1 Å². The molecule has 0 saturated heterocycles. The van der Waals surface area contributed by atoms with Crippen LogP contribution < -0.4 is 0 Å². The number of aliphatic imine (C=N–C) groups is 2. The quantitative estimate of drug-likeness (QED) is 0.566. The fourth-order valence-corrected chi connectivity index (χ4v) is 1.89. The number of fused-ring (bicyclic) bond motifs is 1. The maximum Gasteiger partial charge on any atom is 0.0671 e. The molecule has 3 aliphatic rings. The molecule has 0 bridgehead atoms. The largest absolute Gasteiger partial charge is 0.265 e. The molecule has 0 N–H and O–H groups in total. The Balaban J connectivity index is 2.08. The van der Waals surface area contributed by atoms with E-state index in [0.29, 0.717) is 0 Å². The average molecular weight is 194 g/mol. The van der Waals surface area contributed by atoms with E-state index >= 15 is 0 Å². The van der Waals surface area contributed by atoms with Crippen molar-refractivity contribution in [3.8, 4) is 0 Å². The first-order chi connectivity index (χ1) is 7.43. The van der Waals surface area contributed by atoms with Crippen molar-refractivity contribution in [1.82, 2.24) is 0 Å². The second kappa shape index (κ2) is 3.31. The molecule has 0 spiro atoms. The van der Waals surface area contributed by atoms with Crippen molar-refractivity contribution < 1.29 is 0 Å². The Hall–Kier alpha value is -1.96. The number of rotatable bonds is 0. The Bertz CT molecular complexity index is 509. The minimum Gasteiger partial charge on any atom is -0.265 e. The van der Waals surface area contributed by atoms with Gasteiger partial charge in [-0.05, 0) is 41.0 Å². The first-order valence-corrected chi connectivity index (χ1v) is 4.98. The van der Waals surface area contributed by atoms with E-state index < -0.39 is 0 Å². The molecule has 0 saturated carbocycles. The third-order valence-electron chi connectivity index (χ3n) is 2.67. The normalized spacial score (nSPS) is 28.3. The summed E-state index contributed by atoms with van der Waals surface area (Å²) in [5.74, 6) is 0. The smallest absolute Gasteiger partial charge is 0.0671 e. The highest BCUT2D eigenvalue weighted by atomic mass is 14.8. The van der Waals surface area contributed by atoms with Gasteiger partial charge < -0.3 is 0 Å². The van der Waals surface area contributed by atoms with Gasteiger partial charge in [0.1, 0.15) is 0 Å². The van der Waals surface area contributed by atoms with Crippen molar-refractivity contribution in [2.45, 2.75) is 6.42 Å². The monoisotopic (exact) mass is 194 g/mol. The topological polar surface area (TPSA) is 24.7 Å². The lowest BCUT2D eigenvalue weighted by Crippen LogP contribution is -1.98. The van der Waals surface area contributed by atoms with E-state index in [4.69, 9.17) is 0 Å². The van der Waals surface area contributed by atoms with Crippen LogP contribution in [0.15, 0.2) is 69.0 Å². The van der Waals surface area contributed by atoms with Crippen LogP contribution in [0.25, 0.3) is 0 Å². The molecule has 0 atom stereocenters. The van der Waals surface area contributed by atoms with E-state index in [1.165, 1.54) is 16.7 Å². The molecule has 0 radical (unpaired) electrons. The van der Waals surface area contributed by atoms with Crippen molar-refractivity contribution in [3.05, 3.63) is 59.0 Å². The van der Waals surface area contributed by atoms with Crippen LogP contribution in [0.4, 0.5) is 0 Å². The third kappa shape index (κ3) is 1.44. The summed E-state index contributed by atoms with van der Waals surface area (Å²) < 4.78 is 0. The molecule has 0 unspecified atom stereocenters. The number of nitrogens with zero attached hydrogens (tertiary/aromatic N) is 2. The van der Waals surface area contributed by atoms with Gasteiger partial charge in [0.05, 0.1) is 5.70 Å². The Morgan fingerprint density at radius 3 is 3.13 bits per heavy atom. The Kier molecular flexibility index (Phi) is 1.85. The lowest BCUT2D eigenvalue weighted by molar-refractivity contribution is 1.11. The molecule has 1 aliphatic carbocycles. The molecule has 2 heteroatoms. The molecule has 2 aliphatic heterocycles. The first-order valence-electron chi connectivity index (χ1n) is 4.98. The van der Waals surface area contributed by atoms with Crippen molar-refractivity contribution >= 4 is 12.4 Å². The molecule has 15 heavy (non-hydrogen) atoms. The lowest BCUT2D eigenvalue weighted by atomic mass is 9.91. The molecular weight excluding hydrogens is 184 g/mol. The second-order valence-electron chi connectivity index (χ2n) is 3.63. The van der Waals surface area contributed by atoms with E-state index in [-0.39, 0.29) is 0 Å². The molecule has 0 fully saturated rings. The van der Waals surface area contributed by atoms with Crippen LogP contribution in [0.3, 0.4) is 0 Å². The van der Waals surface area contributed by atoms with E-state index in [1.54, 1.807) is 6.21 Å². The summed E-state index contributed by atoms with van der Waals surface area (Å²) in [5, 5.41) is 0. The Morgan fingerprint density at radius 1 is 1.13 bits per heavy atom. The first kappa shape index (κ1) is 8.36. The van der Waals surface area contributed by atoms with Gasteiger partial charge in [-0.3, -0.25) is 9.98 Å². The minimum absolute atomic E-state index is 0.956. The molecule has 0 aromatic carbocycles. The van der Waals surface area contributed by atoms with E-state index in [1.807, 2.05) is 18.5 Å². The van der Waals surface area contributed by atoms with Gasteiger partial charge in [-0.1, -0.05) is 6.08 Å². The Labute approximate surface area is 88.4 Å². The zero-order chi connectivity index (χ0) is 10.1. The molecule has 0 aromatic heterocycles. The maximum absolute atomic E-state index is 4.32. The van der Waals surface area contributed by atoms with Crippen LogP contribution in [0, 0.1) is 0 Å². The van der Waals surface area contributed by atoms with Crippen LogP contribution in [-0.2, 0) is 0 Å². The van der Waals surface area contributed by atoms with Crippen LogP contribution in [0.2, 0.25) is 0 Å². The van der Waals surface area contributed by atoms with Crippen molar-refractivity contribution in [2.75, 3.05) is 0 Å². The number of allylic oxidation sites excluding steroid dienone is 8. The highest BCUT2D eigenvalue weighted by Gasteiger charge is 2.16. The van der Waals surface area contributed by atoms with Gasteiger partial charge >= 0.3 is 0 Å². The van der Waals surface area contributed by atoms with Gasteiger partial charge in [0.25, 0.3) is 0 Å². The summed E-state index contributed by atoms with van der Waals surface area (Å²) in [7, 11) is 0. The third-order valence-corrected chi connectivity index (χ3v) is 2.67. The zero-order valence-corrected chi connectivity index (χ0v) is 8.22. The van der Waals surface area contributed by atoms with E-state index in [9.17, 15) is 0 Å². The number of hydrogen-bond donors (Lipinski definition) is 0. The van der Waals surface area contributed by atoms with Gasteiger partial charge in [0.2, 0.25) is 0 Å². The predicted molar refractivity (Wildman–Crippen MR) is 63.1 cm³/mol. The summed E-state index contributed by atoms with van der Waals surface area (Å²) in [6.45, 7) is 0. The number of hydrogen-bond acceptors (Lipinski definition) is 2. The minimum atomic E-state index is 0.956. The fourth-order valence-electron chi connectivity index (χ4n) is 1.89. The molecular formula is C13H10N2. The van der Waals surface area contributed by atoms with Crippen LogP contribution in [0.1, 0.15) is 6.42 Å². The summed E-state index contributed by atoms with van der Waals surface area (Å²) in [4.78, 5) is 8.43. The molecule has 3 rings (SSSR count). The average Bonchev–Trinajstić information content (AvgIpc) is 2.64. The zero-order valence-electron chi connectivity index (χ0n) is 8.22. The molecule has 2 nitrogen and oxygen atoms in total. The highest BCUT2D eigenvalue weighted by molar-refractivity contribution is 5.81. The predicted octanol–water partition coefficient (Wildman–Crippen LogP) is 2.74. The maximum atomic E-state index is 4.32. The summed E-state index contributed by atoms with van der Waals surface area (Å²) in [5.41, 5.74) is 4.95. The van der Waals surface area contributed by atoms with Gasteiger partial charge in [0, 0.05) is 25.0 Å². The lowest BCUT2D eigenvalue weighted by Gasteiger charge is -2.15. The van der Waals surface area contributed by atoms with Crippen molar-refractivity contribution in [2.24, 2.45) is 9.98 Å². The standard InChI is InChI=1S/C13H10N2/c1-2-10-9-13-12(4-7-15-13)8-11(10)3-6-14-5-1/h1-7,9H,8H2/b2-1-,5-1?,6-3-,10-2?,11-3?,14-5-,14-6?. The summed E-state index contributed by atoms with van der Waals surface area (Å²) in [6, 6.07) is 0. The Morgan fingerprint density at radius 2 is 2.13 bits per heavy atom. The van der Waals surface area contributed by atoms with Gasteiger partial charge in [0.15, 0.2) is 0 Å².